The smallest absolute Gasteiger partial charge is 0.191 e. The summed E-state index contributed by atoms with van der Waals surface area (Å²) in [6.45, 7) is 4.09. The zero-order chi connectivity index (χ0) is 14.7. The van der Waals surface area contributed by atoms with Crippen molar-refractivity contribution in [3.05, 3.63) is 40.7 Å². The predicted octanol–water partition coefficient (Wildman–Crippen LogP) is 3.15. The molecule has 0 bridgehead atoms. The first-order valence-corrected chi connectivity index (χ1v) is 7.40. The highest BCUT2D eigenvalue weighted by Crippen LogP contribution is 2.18. The van der Waals surface area contributed by atoms with Crippen molar-refractivity contribution in [2.75, 3.05) is 17.3 Å². The number of anilines is 2. The Bertz CT molecular complexity index is 608. The maximum atomic E-state index is 13.6. The van der Waals surface area contributed by atoms with Gasteiger partial charge in [-0.05, 0) is 36.8 Å². The van der Waals surface area contributed by atoms with Crippen LogP contribution in [0.1, 0.15) is 16.7 Å². The molecule has 0 saturated carbocycles. The molecule has 2 aromatic rings. The molecular weight excluding hydrogens is 275 g/mol. The summed E-state index contributed by atoms with van der Waals surface area (Å²) in [5.41, 5.74) is 8.02. The Morgan fingerprint density at radius 3 is 2.45 bits per heavy atom. The van der Waals surface area contributed by atoms with E-state index in [-0.39, 0.29) is 5.82 Å². The summed E-state index contributed by atoms with van der Waals surface area (Å²) >= 11 is 1.43. The molecule has 4 nitrogen and oxygen atoms in total. The van der Waals surface area contributed by atoms with Crippen molar-refractivity contribution in [1.82, 2.24) is 9.97 Å². The molecule has 2 rings (SSSR count). The summed E-state index contributed by atoms with van der Waals surface area (Å²) in [5.74, 6) is 0.949. The maximum absolute atomic E-state index is 13.6. The highest BCUT2D eigenvalue weighted by atomic mass is 32.2. The Balaban J connectivity index is 2.14. The van der Waals surface area contributed by atoms with Gasteiger partial charge < -0.3 is 11.1 Å². The zero-order valence-electron chi connectivity index (χ0n) is 11.7. The predicted molar refractivity (Wildman–Crippen MR) is 81.4 cm³/mol. The molecule has 0 saturated heterocycles. The molecule has 0 atom stereocenters. The molecule has 1 aromatic carbocycles. The standard InChI is InChI=1S/C14H17FN4S/c1-8-4-10(5-9(2)13(8)15)7-17-12-6-11(16)18-14(19-12)20-3/h4-6H,7H2,1-3H3,(H3,16,17,18,19). The van der Waals surface area contributed by atoms with E-state index in [9.17, 15) is 4.39 Å². The third-order valence-corrected chi connectivity index (χ3v) is 3.43. The first kappa shape index (κ1) is 14.6. The first-order chi connectivity index (χ1) is 9.49. The molecule has 0 aliphatic heterocycles. The van der Waals surface area contributed by atoms with Crippen molar-refractivity contribution in [3.63, 3.8) is 0 Å². The zero-order valence-corrected chi connectivity index (χ0v) is 12.5. The van der Waals surface area contributed by atoms with E-state index in [1.165, 1.54) is 11.8 Å². The number of nitrogen functional groups attached to an aromatic ring is 1. The molecule has 6 heteroatoms. The van der Waals surface area contributed by atoms with Crippen LogP contribution < -0.4 is 11.1 Å². The summed E-state index contributed by atoms with van der Waals surface area (Å²) in [5, 5.41) is 3.81. The SMILES string of the molecule is CSc1nc(N)cc(NCc2cc(C)c(F)c(C)c2)n1. The van der Waals surface area contributed by atoms with Gasteiger partial charge in [0.25, 0.3) is 0 Å². The van der Waals surface area contributed by atoms with Crippen LogP contribution in [0.4, 0.5) is 16.0 Å². The summed E-state index contributed by atoms with van der Waals surface area (Å²) < 4.78 is 13.6. The highest BCUT2D eigenvalue weighted by Gasteiger charge is 2.05. The van der Waals surface area contributed by atoms with Crippen molar-refractivity contribution in [2.45, 2.75) is 25.5 Å². The fraction of sp³-hybridized carbons (Fsp3) is 0.286. The van der Waals surface area contributed by atoms with Crippen LogP contribution in [0.15, 0.2) is 23.4 Å². The Morgan fingerprint density at radius 1 is 1.20 bits per heavy atom. The molecule has 3 N–H and O–H groups in total. The number of rotatable bonds is 4. The second-order valence-corrected chi connectivity index (χ2v) is 5.34. The number of hydrogen-bond donors (Lipinski definition) is 2. The van der Waals surface area contributed by atoms with Gasteiger partial charge in [0, 0.05) is 12.6 Å². The van der Waals surface area contributed by atoms with Gasteiger partial charge in [-0.1, -0.05) is 23.9 Å². The van der Waals surface area contributed by atoms with Crippen molar-refractivity contribution in [3.8, 4) is 0 Å². The van der Waals surface area contributed by atoms with Crippen molar-refractivity contribution >= 4 is 23.4 Å². The monoisotopic (exact) mass is 292 g/mol. The van der Waals surface area contributed by atoms with E-state index in [2.05, 4.69) is 15.3 Å². The van der Waals surface area contributed by atoms with Gasteiger partial charge in [-0.3, -0.25) is 0 Å². The van der Waals surface area contributed by atoms with Crippen LogP contribution in [-0.2, 0) is 6.54 Å². The lowest BCUT2D eigenvalue weighted by Crippen LogP contribution is -2.05. The number of thioether (sulfide) groups is 1. The van der Waals surface area contributed by atoms with E-state index in [1.54, 1.807) is 19.9 Å². The number of nitrogens with zero attached hydrogens (tertiary/aromatic N) is 2. The van der Waals surface area contributed by atoms with E-state index in [0.717, 1.165) is 5.56 Å². The van der Waals surface area contributed by atoms with Crippen LogP contribution in [0.5, 0.6) is 0 Å². The average Bonchev–Trinajstić information content (AvgIpc) is 2.41. The molecule has 0 fully saturated rings. The summed E-state index contributed by atoms with van der Waals surface area (Å²) in [6.07, 6.45) is 1.89. The molecule has 20 heavy (non-hydrogen) atoms. The minimum Gasteiger partial charge on any atom is -0.383 e. The number of hydrogen-bond acceptors (Lipinski definition) is 5. The van der Waals surface area contributed by atoms with E-state index in [0.29, 0.717) is 34.5 Å². The lowest BCUT2D eigenvalue weighted by molar-refractivity contribution is 0.608. The second kappa shape index (κ2) is 6.09. The van der Waals surface area contributed by atoms with Crippen LogP contribution in [-0.4, -0.2) is 16.2 Å². The summed E-state index contributed by atoms with van der Waals surface area (Å²) in [7, 11) is 0. The largest absolute Gasteiger partial charge is 0.383 e. The molecule has 0 aliphatic rings. The molecule has 0 aliphatic carbocycles. The van der Waals surface area contributed by atoms with Crippen LogP contribution in [0.2, 0.25) is 0 Å². The normalized spacial score (nSPS) is 10.6. The van der Waals surface area contributed by atoms with E-state index < -0.39 is 0 Å². The topological polar surface area (TPSA) is 63.8 Å². The fourth-order valence-corrected chi connectivity index (χ4v) is 2.34. The quantitative estimate of drug-likeness (QED) is 0.669. The fourth-order valence-electron chi connectivity index (χ4n) is 1.96. The van der Waals surface area contributed by atoms with E-state index >= 15 is 0 Å². The average molecular weight is 292 g/mol. The lowest BCUT2D eigenvalue weighted by atomic mass is 10.1. The van der Waals surface area contributed by atoms with Crippen LogP contribution >= 0.6 is 11.8 Å². The number of aryl methyl sites for hydroxylation is 2. The van der Waals surface area contributed by atoms with Crippen molar-refractivity contribution < 1.29 is 4.39 Å². The van der Waals surface area contributed by atoms with Gasteiger partial charge in [0.15, 0.2) is 5.16 Å². The third kappa shape index (κ3) is 3.39. The van der Waals surface area contributed by atoms with Crippen LogP contribution in [0, 0.1) is 19.7 Å². The molecular formula is C14H17FN4S. The van der Waals surface area contributed by atoms with E-state index in [1.807, 2.05) is 18.4 Å². The second-order valence-electron chi connectivity index (χ2n) is 4.56. The number of aromatic nitrogens is 2. The van der Waals surface area contributed by atoms with Gasteiger partial charge in [-0.2, -0.15) is 0 Å². The minimum absolute atomic E-state index is 0.148. The van der Waals surface area contributed by atoms with Crippen LogP contribution in [0.25, 0.3) is 0 Å². The number of nitrogens with two attached hydrogens (primary N) is 1. The van der Waals surface area contributed by atoms with Gasteiger partial charge in [-0.15, -0.1) is 0 Å². The van der Waals surface area contributed by atoms with Gasteiger partial charge >= 0.3 is 0 Å². The first-order valence-electron chi connectivity index (χ1n) is 6.17. The van der Waals surface area contributed by atoms with E-state index in [4.69, 9.17) is 5.73 Å². The molecule has 1 aromatic heterocycles. The molecule has 0 amide bonds. The summed E-state index contributed by atoms with van der Waals surface area (Å²) in [6, 6.07) is 5.34. The Kier molecular flexibility index (Phi) is 4.44. The molecule has 1 heterocycles. The van der Waals surface area contributed by atoms with Gasteiger partial charge in [0.1, 0.15) is 17.5 Å². The van der Waals surface area contributed by atoms with Gasteiger partial charge in [-0.25, -0.2) is 14.4 Å². The number of halogens is 1. The molecule has 0 spiro atoms. The van der Waals surface area contributed by atoms with Crippen molar-refractivity contribution in [2.24, 2.45) is 0 Å². The molecule has 0 unspecified atom stereocenters. The Morgan fingerprint density at radius 2 is 1.85 bits per heavy atom. The lowest BCUT2D eigenvalue weighted by Gasteiger charge is -2.10. The summed E-state index contributed by atoms with van der Waals surface area (Å²) in [4.78, 5) is 8.40. The molecule has 0 radical (unpaired) electrons. The van der Waals surface area contributed by atoms with Gasteiger partial charge in [0.05, 0.1) is 0 Å². The minimum atomic E-state index is -0.148. The maximum Gasteiger partial charge on any atom is 0.191 e. The van der Waals surface area contributed by atoms with Crippen molar-refractivity contribution in [1.29, 1.82) is 0 Å². The highest BCUT2D eigenvalue weighted by molar-refractivity contribution is 7.98. The number of benzene rings is 1. The Labute approximate surface area is 122 Å². The van der Waals surface area contributed by atoms with Gasteiger partial charge in [0.2, 0.25) is 0 Å². The van der Waals surface area contributed by atoms with Crippen LogP contribution in [0.3, 0.4) is 0 Å². The number of nitrogens with one attached hydrogen (secondary N) is 1. The Hall–Kier alpha value is -1.82. The third-order valence-electron chi connectivity index (χ3n) is 2.88. The molecule has 106 valence electrons.